The van der Waals surface area contributed by atoms with E-state index in [9.17, 15) is 0 Å². The molecule has 0 heterocycles. The molecule has 0 aromatic carbocycles. The largest absolute Gasteiger partial charge is 1.00 e. The van der Waals surface area contributed by atoms with Crippen LogP contribution in [0.4, 0.5) is 0 Å². The summed E-state index contributed by atoms with van der Waals surface area (Å²) in [6.45, 7) is 30.2. The van der Waals surface area contributed by atoms with Gasteiger partial charge in [0.1, 0.15) is 0 Å². The molecule has 0 bridgehead atoms. The van der Waals surface area contributed by atoms with Crippen molar-refractivity contribution in [2.24, 2.45) is 0 Å². The molecular formula is C66H140Cl2N2. The van der Waals surface area contributed by atoms with Crippen LogP contribution in [0.15, 0.2) is 0 Å². The minimum Gasteiger partial charge on any atom is -1.00 e. The molecular weight excluding hydrogens is 892 g/mol. The molecule has 2 nitrogen and oxygen atoms in total. The number of nitrogens with zero attached hydrogens (tertiary/aromatic N) is 2. The molecule has 0 aromatic rings. The number of unbranched alkanes of at least 4 members (excludes halogenated alkanes) is 44. The van der Waals surface area contributed by atoms with E-state index in [-0.39, 0.29) is 24.8 Å². The van der Waals surface area contributed by atoms with Gasteiger partial charge in [0.2, 0.25) is 0 Å². The third-order valence-electron chi connectivity index (χ3n) is 16.7. The summed E-state index contributed by atoms with van der Waals surface area (Å²) in [6, 6.07) is 0. The Kier molecular flexibility index (Phi) is 72.2. The molecule has 70 heavy (non-hydrogen) atoms. The van der Waals surface area contributed by atoms with Gasteiger partial charge in [-0.15, -0.1) is 0 Å². The standard InChI is InChI=1S/C34H72N.C32H68N.2ClH/c1-5-9-11-13-15-17-19-21-23-25-27-29-33-35(31-7-3,32-8-4)34-30-28-26-24-22-20-18-16-14-12-10-6-2;1-5-9-11-13-15-17-19-21-23-25-27-29-31-33(7-3,8-4)32-30-28-26-24-22-20-18-16-14-12-10-6-2;;/h5-34H2,1-4H3;5-32H2,1-4H3;2*1H/q2*+1;;/p-2. The molecule has 0 aliphatic rings. The van der Waals surface area contributed by atoms with E-state index in [1.165, 1.54) is 382 Å². The van der Waals surface area contributed by atoms with Crippen molar-refractivity contribution in [3.63, 3.8) is 0 Å². The van der Waals surface area contributed by atoms with Crippen molar-refractivity contribution in [1.29, 1.82) is 0 Å². The van der Waals surface area contributed by atoms with E-state index in [4.69, 9.17) is 0 Å². The fraction of sp³-hybridized carbons (Fsp3) is 1.00. The first kappa shape index (κ1) is 77.0. The van der Waals surface area contributed by atoms with Gasteiger partial charge in [0.25, 0.3) is 0 Å². The summed E-state index contributed by atoms with van der Waals surface area (Å²) in [5, 5.41) is 0. The SMILES string of the molecule is CCCCCCCCCCCCCC[N+](CC)(CC)CCCCCCCCCCCCCC.CCCCCCCCCCCCCC[N+](CCC)(CCC)CCCCCCCCCCCCCC.[Cl-].[Cl-]. The third kappa shape index (κ3) is 56.2. The Bertz CT molecular complexity index is 810. The van der Waals surface area contributed by atoms with Crippen molar-refractivity contribution < 1.29 is 33.8 Å². The van der Waals surface area contributed by atoms with Crippen LogP contribution >= 0.6 is 0 Å². The summed E-state index contributed by atoms with van der Waals surface area (Å²) >= 11 is 0. The van der Waals surface area contributed by atoms with E-state index in [1.54, 1.807) is 0 Å². The molecule has 0 aliphatic heterocycles. The van der Waals surface area contributed by atoms with E-state index >= 15 is 0 Å². The maximum absolute atomic E-state index is 2.44. The first-order valence-electron chi connectivity index (χ1n) is 33.2. The van der Waals surface area contributed by atoms with Gasteiger partial charge in [-0.2, -0.15) is 0 Å². The summed E-state index contributed by atoms with van der Waals surface area (Å²) < 4.78 is 2.82. The molecule has 0 rings (SSSR count). The van der Waals surface area contributed by atoms with Gasteiger partial charge in [-0.3, -0.25) is 0 Å². The predicted molar refractivity (Wildman–Crippen MR) is 316 cm³/mol. The smallest absolute Gasteiger partial charge is 0.0786 e. The highest BCUT2D eigenvalue weighted by atomic mass is 35.5. The molecule has 4 heteroatoms. The third-order valence-corrected chi connectivity index (χ3v) is 16.7. The summed E-state index contributed by atoms with van der Waals surface area (Å²) in [5.74, 6) is 0. The Morgan fingerprint density at radius 3 is 0.429 bits per heavy atom. The van der Waals surface area contributed by atoms with E-state index in [2.05, 4.69) is 55.4 Å². The molecule has 0 amide bonds. The molecule has 0 aliphatic carbocycles. The van der Waals surface area contributed by atoms with Crippen molar-refractivity contribution in [3.8, 4) is 0 Å². The lowest BCUT2D eigenvalue weighted by molar-refractivity contribution is -0.928. The van der Waals surface area contributed by atoms with Crippen LogP contribution in [0, 0.1) is 0 Å². The summed E-state index contributed by atoms with van der Waals surface area (Å²) in [5.41, 5.74) is 0. The minimum atomic E-state index is 0. The van der Waals surface area contributed by atoms with Gasteiger partial charge < -0.3 is 33.8 Å². The van der Waals surface area contributed by atoms with E-state index < -0.39 is 0 Å². The molecule has 0 atom stereocenters. The second-order valence-corrected chi connectivity index (χ2v) is 23.2. The van der Waals surface area contributed by atoms with Crippen LogP contribution in [-0.2, 0) is 0 Å². The second kappa shape index (κ2) is 65.6. The molecule has 0 aromatic heterocycles. The zero-order valence-corrected chi connectivity index (χ0v) is 52.2. The van der Waals surface area contributed by atoms with Crippen molar-refractivity contribution in [2.75, 3.05) is 52.4 Å². The van der Waals surface area contributed by atoms with Crippen LogP contribution in [0.2, 0.25) is 0 Å². The first-order valence-corrected chi connectivity index (χ1v) is 33.2. The lowest BCUT2D eigenvalue weighted by Gasteiger charge is -2.39. The quantitative estimate of drug-likeness (QED) is 0.0421. The Morgan fingerprint density at radius 1 is 0.143 bits per heavy atom. The van der Waals surface area contributed by atoms with E-state index in [0.29, 0.717) is 0 Å². The van der Waals surface area contributed by atoms with Gasteiger partial charge in [0, 0.05) is 0 Å². The summed E-state index contributed by atoms with van der Waals surface area (Å²) in [7, 11) is 0. The fourth-order valence-corrected chi connectivity index (χ4v) is 11.7. The molecule has 0 radical (unpaired) electrons. The Morgan fingerprint density at radius 2 is 0.286 bits per heavy atom. The molecule has 428 valence electrons. The Hall–Kier alpha value is 0.500. The highest BCUT2D eigenvalue weighted by Gasteiger charge is 2.25. The summed E-state index contributed by atoms with van der Waals surface area (Å²) in [4.78, 5) is 0. The van der Waals surface area contributed by atoms with Crippen LogP contribution in [0.1, 0.15) is 376 Å². The maximum atomic E-state index is 2.44. The predicted octanol–water partition coefficient (Wildman–Crippen LogP) is 17.3. The van der Waals surface area contributed by atoms with Gasteiger partial charge in [-0.1, -0.05) is 298 Å². The second-order valence-electron chi connectivity index (χ2n) is 23.2. The van der Waals surface area contributed by atoms with E-state index in [1.807, 2.05) is 0 Å². The van der Waals surface area contributed by atoms with Gasteiger partial charge in [-0.25, -0.2) is 0 Å². The van der Waals surface area contributed by atoms with Crippen molar-refractivity contribution >= 4 is 0 Å². The minimum absolute atomic E-state index is 0. The van der Waals surface area contributed by atoms with Gasteiger partial charge in [-0.05, 0) is 78.1 Å². The maximum Gasteiger partial charge on any atom is 0.0786 e. The van der Waals surface area contributed by atoms with Crippen molar-refractivity contribution in [2.45, 2.75) is 376 Å². The molecule has 0 N–H and O–H groups in total. The number of hydrogen-bond acceptors (Lipinski definition) is 0. The van der Waals surface area contributed by atoms with Crippen LogP contribution in [0.3, 0.4) is 0 Å². The topological polar surface area (TPSA) is 0 Å². The van der Waals surface area contributed by atoms with Crippen LogP contribution < -0.4 is 24.8 Å². The van der Waals surface area contributed by atoms with Crippen LogP contribution in [0.5, 0.6) is 0 Å². The molecule has 0 fully saturated rings. The Balaban J connectivity index is -0.000000606. The van der Waals surface area contributed by atoms with Crippen molar-refractivity contribution in [1.82, 2.24) is 0 Å². The van der Waals surface area contributed by atoms with E-state index in [0.717, 1.165) is 0 Å². The van der Waals surface area contributed by atoms with Gasteiger partial charge in [0.05, 0.1) is 52.4 Å². The number of quaternary nitrogens is 2. The highest BCUT2D eigenvalue weighted by Crippen LogP contribution is 2.21. The lowest BCUT2D eigenvalue weighted by atomic mass is 10.0. The van der Waals surface area contributed by atoms with Crippen LogP contribution in [0.25, 0.3) is 0 Å². The van der Waals surface area contributed by atoms with Gasteiger partial charge in [0.15, 0.2) is 0 Å². The van der Waals surface area contributed by atoms with Crippen LogP contribution in [-0.4, -0.2) is 61.3 Å². The zero-order valence-electron chi connectivity index (χ0n) is 50.7. The molecule has 0 unspecified atom stereocenters. The zero-order chi connectivity index (χ0) is 50.0. The fourth-order valence-electron chi connectivity index (χ4n) is 11.7. The molecule has 0 saturated carbocycles. The highest BCUT2D eigenvalue weighted by molar-refractivity contribution is 4.55. The number of rotatable bonds is 58. The summed E-state index contributed by atoms with van der Waals surface area (Å²) in [6.07, 6.45) is 73.0. The number of halogens is 2. The monoisotopic (exact) mass is 1030 g/mol. The van der Waals surface area contributed by atoms with Gasteiger partial charge >= 0.3 is 0 Å². The lowest BCUT2D eigenvalue weighted by Crippen LogP contribution is -3.00. The Labute approximate surface area is 460 Å². The molecule has 0 saturated heterocycles. The average Bonchev–Trinajstić information content (AvgIpc) is 3.35. The normalized spacial score (nSPS) is 11.7. The van der Waals surface area contributed by atoms with Crippen molar-refractivity contribution in [3.05, 3.63) is 0 Å². The number of hydrogen-bond donors (Lipinski definition) is 0. The average molecular weight is 1030 g/mol. The molecule has 0 spiro atoms. The first-order chi connectivity index (χ1) is 33.5.